The Kier molecular flexibility index (Phi) is 6.51. The van der Waals surface area contributed by atoms with Crippen LogP contribution in [0.25, 0.3) is 5.57 Å². The molecular formula is C23H29NO2S. The van der Waals surface area contributed by atoms with Crippen LogP contribution in [-0.4, -0.2) is 31.8 Å². The molecule has 2 aromatic rings. The Morgan fingerprint density at radius 1 is 0.926 bits per heavy atom. The van der Waals surface area contributed by atoms with E-state index in [4.69, 9.17) is 0 Å². The highest BCUT2D eigenvalue weighted by molar-refractivity contribution is 7.92. The molecule has 144 valence electrons. The van der Waals surface area contributed by atoms with Crippen LogP contribution in [0.2, 0.25) is 0 Å². The first-order chi connectivity index (χ1) is 13.0. The van der Waals surface area contributed by atoms with Crippen LogP contribution in [0.5, 0.6) is 0 Å². The molecule has 0 aliphatic carbocycles. The third-order valence-electron chi connectivity index (χ3n) is 5.15. The van der Waals surface area contributed by atoms with Gasteiger partial charge in [-0.2, -0.15) is 0 Å². The molecule has 1 heterocycles. The number of nitrogens with zero attached hydrogens (tertiary/aromatic N) is 1. The lowest BCUT2D eigenvalue weighted by Gasteiger charge is -2.35. The van der Waals surface area contributed by atoms with Crippen molar-refractivity contribution in [3.05, 3.63) is 72.3 Å². The predicted octanol–water partition coefficient (Wildman–Crippen LogP) is 5.01. The second-order valence-electron chi connectivity index (χ2n) is 7.64. The minimum atomic E-state index is -3.40. The van der Waals surface area contributed by atoms with E-state index < -0.39 is 15.2 Å². The quantitative estimate of drug-likeness (QED) is 0.674. The van der Waals surface area contributed by atoms with Crippen molar-refractivity contribution in [1.82, 2.24) is 4.90 Å². The molecule has 0 saturated heterocycles. The minimum absolute atomic E-state index is 0.426. The summed E-state index contributed by atoms with van der Waals surface area (Å²) in [7, 11) is -3.40. The van der Waals surface area contributed by atoms with Gasteiger partial charge in [-0.15, -0.1) is 0 Å². The van der Waals surface area contributed by atoms with Crippen LogP contribution in [0.4, 0.5) is 0 Å². The van der Waals surface area contributed by atoms with Gasteiger partial charge in [0.15, 0.2) is 9.84 Å². The molecule has 0 fully saturated rings. The summed E-state index contributed by atoms with van der Waals surface area (Å²) in [6.07, 6.45) is 4.70. The van der Waals surface area contributed by atoms with Gasteiger partial charge in [0, 0.05) is 13.1 Å². The molecule has 3 rings (SSSR count). The highest BCUT2D eigenvalue weighted by Gasteiger charge is 2.34. The maximum Gasteiger partial charge on any atom is 0.194 e. The van der Waals surface area contributed by atoms with E-state index >= 15 is 0 Å². The van der Waals surface area contributed by atoms with Crippen molar-refractivity contribution in [2.75, 3.05) is 13.1 Å². The minimum Gasteiger partial charge on any atom is -0.282 e. The van der Waals surface area contributed by atoms with Gasteiger partial charge in [-0.25, -0.2) is 8.42 Å². The van der Waals surface area contributed by atoms with Crippen LogP contribution in [0, 0.1) is 5.92 Å². The van der Waals surface area contributed by atoms with E-state index in [2.05, 4.69) is 37.0 Å². The lowest BCUT2D eigenvalue weighted by atomic mass is 10.0. The van der Waals surface area contributed by atoms with Crippen LogP contribution in [0.15, 0.2) is 71.6 Å². The van der Waals surface area contributed by atoms with Crippen molar-refractivity contribution in [1.29, 1.82) is 0 Å². The second-order valence-corrected chi connectivity index (χ2v) is 9.74. The van der Waals surface area contributed by atoms with Gasteiger partial charge in [0.1, 0.15) is 5.37 Å². The lowest BCUT2D eigenvalue weighted by molar-refractivity contribution is 0.255. The van der Waals surface area contributed by atoms with Gasteiger partial charge >= 0.3 is 0 Å². The van der Waals surface area contributed by atoms with E-state index in [1.54, 1.807) is 24.3 Å². The zero-order chi connectivity index (χ0) is 19.3. The molecule has 1 unspecified atom stereocenters. The second kappa shape index (κ2) is 8.85. The predicted molar refractivity (Wildman–Crippen MR) is 112 cm³/mol. The zero-order valence-corrected chi connectivity index (χ0v) is 17.0. The van der Waals surface area contributed by atoms with Crippen LogP contribution in [-0.2, 0) is 9.84 Å². The van der Waals surface area contributed by atoms with Crippen LogP contribution < -0.4 is 0 Å². The molecule has 0 saturated carbocycles. The van der Waals surface area contributed by atoms with Crippen molar-refractivity contribution in [2.24, 2.45) is 5.92 Å². The molecule has 1 aliphatic heterocycles. The molecule has 0 amide bonds. The van der Waals surface area contributed by atoms with Gasteiger partial charge in [-0.3, -0.25) is 4.90 Å². The van der Waals surface area contributed by atoms with E-state index in [0.717, 1.165) is 19.4 Å². The Morgan fingerprint density at radius 2 is 1.56 bits per heavy atom. The third-order valence-corrected chi connectivity index (χ3v) is 7.33. The van der Waals surface area contributed by atoms with E-state index in [9.17, 15) is 8.42 Å². The summed E-state index contributed by atoms with van der Waals surface area (Å²) < 4.78 is 26.9. The van der Waals surface area contributed by atoms with Crippen molar-refractivity contribution in [3.63, 3.8) is 0 Å². The van der Waals surface area contributed by atoms with Crippen molar-refractivity contribution in [3.8, 4) is 0 Å². The van der Waals surface area contributed by atoms with Crippen LogP contribution in [0.3, 0.4) is 0 Å². The Morgan fingerprint density at radius 3 is 2.19 bits per heavy atom. The van der Waals surface area contributed by atoms with Gasteiger partial charge in [-0.05, 0) is 48.4 Å². The molecule has 27 heavy (non-hydrogen) atoms. The molecule has 0 spiro atoms. The fraction of sp³-hybridized carbons (Fsp3) is 0.391. The van der Waals surface area contributed by atoms with Gasteiger partial charge in [-0.1, -0.05) is 68.5 Å². The first-order valence-corrected chi connectivity index (χ1v) is 11.3. The molecule has 1 aliphatic rings. The Balaban J connectivity index is 1.88. The largest absolute Gasteiger partial charge is 0.282 e. The van der Waals surface area contributed by atoms with E-state index in [1.807, 2.05) is 24.3 Å². The van der Waals surface area contributed by atoms with Gasteiger partial charge in [0.2, 0.25) is 0 Å². The fourth-order valence-corrected chi connectivity index (χ4v) is 5.52. The Labute approximate surface area is 163 Å². The third kappa shape index (κ3) is 4.88. The summed E-state index contributed by atoms with van der Waals surface area (Å²) in [5, 5.41) is -0.477. The lowest BCUT2D eigenvalue weighted by Crippen LogP contribution is -2.44. The first-order valence-electron chi connectivity index (χ1n) is 9.76. The molecule has 2 aromatic carbocycles. The smallest absolute Gasteiger partial charge is 0.194 e. The highest BCUT2D eigenvalue weighted by atomic mass is 32.2. The van der Waals surface area contributed by atoms with Crippen LogP contribution in [0.1, 0.15) is 38.7 Å². The van der Waals surface area contributed by atoms with Crippen molar-refractivity contribution < 1.29 is 8.42 Å². The van der Waals surface area contributed by atoms with E-state index in [0.29, 0.717) is 23.8 Å². The molecule has 0 aromatic heterocycles. The number of hydrogen-bond acceptors (Lipinski definition) is 3. The Hall–Kier alpha value is -1.91. The summed E-state index contributed by atoms with van der Waals surface area (Å²) in [4.78, 5) is 2.59. The zero-order valence-electron chi connectivity index (χ0n) is 16.2. The fourth-order valence-electron chi connectivity index (χ4n) is 3.65. The maximum atomic E-state index is 13.4. The molecule has 0 N–H and O–H groups in total. The van der Waals surface area contributed by atoms with Gasteiger partial charge in [0.05, 0.1) is 4.90 Å². The SMILES string of the molecule is CC(C)CCC(N1CCC=C(c2ccccc2)C1)S(=O)(=O)c1ccccc1. The summed E-state index contributed by atoms with van der Waals surface area (Å²) in [5.41, 5.74) is 2.40. The first kappa shape index (κ1) is 19.8. The molecule has 0 radical (unpaired) electrons. The standard InChI is InChI=1S/C23H29NO2S/c1-19(2)15-16-23(27(25,26)22-13-7-4-8-14-22)24-17-9-12-21(18-24)20-10-5-3-6-11-20/h3-8,10-14,19,23H,9,15-18H2,1-2H3. The molecule has 0 bridgehead atoms. The van der Waals surface area contributed by atoms with Crippen LogP contribution >= 0.6 is 0 Å². The number of benzene rings is 2. The molecular weight excluding hydrogens is 354 g/mol. The maximum absolute atomic E-state index is 13.4. The summed E-state index contributed by atoms with van der Waals surface area (Å²) in [6.45, 7) is 5.76. The average molecular weight is 384 g/mol. The number of rotatable bonds is 7. The van der Waals surface area contributed by atoms with Crippen molar-refractivity contribution in [2.45, 2.75) is 43.4 Å². The summed E-state index contributed by atoms with van der Waals surface area (Å²) in [6, 6.07) is 19.2. The molecule has 3 nitrogen and oxygen atoms in total. The Bertz CT molecular complexity index is 858. The topological polar surface area (TPSA) is 37.4 Å². The van der Waals surface area contributed by atoms with E-state index in [-0.39, 0.29) is 0 Å². The monoisotopic (exact) mass is 383 g/mol. The van der Waals surface area contributed by atoms with Gasteiger partial charge in [0.25, 0.3) is 0 Å². The molecule has 4 heteroatoms. The number of sulfone groups is 1. The normalized spacial score (nSPS) is 16.9. The summed E-state index contributed by atoms with van der Waals surface area (Å²) in [5.74, 6) is 0.479. The van der Waals surface area contributed by atoms with Gasteiger partial charge < -0.3 is 0 Å². The number of hydrogen-bond donors (Lipinski definition) is 0. The van der Waals surface area contributed by atoms with E-state index in [1.165, 1.54) is 11.1 Å². The van der Waals surface area contributed by atoms with Crippen molar-refractivity contribution >= 4 is 15.4 Å². The average Bonchev–Trinajstić information content (AvgIpc) is 2.69. The summed E-state index contributed by atoms with van der Waals surface area (Å²) >= 11 is 0. The molecule has 1 atom stereocenters. The highest BCUT2D eigenvalue weighted by Crippen LogP contribution is 2.29.